The second kappa shape index (κ2) is 10.6. The summed E-state index contributed by atoms with van der Waals surface area (Å²) in [7, 11) is -2.89. The molecule has 2 aromatic carbocycles. The van der Waals surface area contributed by atoms with Gasteiger partial charge in [-0.2, -0.15) is 21.6 Å². The maximum Gasteiger partial charge on any atom is 0.432 e. The van der Waals surface area contributed by atoms with Gasteiger partial charge < -0.3 is 4.74 Å². The maximum atomic E-state index is 13.6. The molecule has 0 unspecified atom stereocenters. The van der Waals surface area contributed by atoms with Gasteiger partial charge in [0.1, 0.15) is 10.6 Å². The van der Waals surface area contributed by atoms with Crippen molar-refractivity contribution in [2.75, 3.05) is 7.11 Å². The number of hydrogen-bond donors (Lipinski definition) is 0. The van der Waals surface area contributed by atoms with Crippen LogP contribution in [0.1, 0.15) is 68.2 Å². The van der Waals surface area contributed by atoms with E-state index in [9.17, 15) is 21.6 Å². The van der Waals surface area contributed by atoms with E-state index in [4.69, 9.17) is 4.74 Å². The molecule has 0 bridgehead atoms. The number of nitrogens with zero attached hydrogens (tertiary/aromatic N) is 1. The highest BCUT2D eigenvalue weighted by molar-refractivity contribution is 7.86. The normalized spacial score (nSPS) is 13.0. The fourth-order valence-electron chi connectivity index (χ4n) is 3.32. The van der Waals surface area contributed by atoms with Crippen LogP contribution in [0, 0.1) is 6.92 Å². The number of rotatable bonds is 9. The standard InChI is InChI=1S/C24H30F3NO4S/c1-15(2)20-13-18(14-21(16(3)4)23(20)31-6)9-12-22(24(25,26)27)28-32-33(29,30)19-10-7-17(5)8-11-19/h7-8,10-11,13-16H,9,12H2,1-6H3/b28-22+. The van der Waals surface area contributed by atoms with Crippen LogP contribution >= 0.6 is 0 Å². The van der Waals surface area contributed by atoms with Crippen molar-refractivity contribution in [2.45, 2.75) is 70.4 Å². The van der Waals surface area contributed by atoms with Crippen LogP contribution in [0.3, 0.4) is 0 Å². The Bertz CT molecular complexity index is 1060. The Kier molecular flexibility index (Phi) is 8.57. The molecule has 5 nitrogen and oxygen atoms in total. The molecule has 33 heavy (non-hydrogen) atoms. The van der Waals surface area contributed by atoms with Gasteiger partial charge >= 0.3 is 16.3 Å². The minimum atomic E-state index is -4.84. The zero-order valence-electron chi connectivity index (χ0n) is 19.7. The molecule has 0 saturated carbocycles. The Morgan fingerprint density at radius 1 is 1.00 bits per heavy atom. The van der Waals surface area contributed by atoms with E-state index in [-0.39, 0.29) is 23.2 Å². The van der Waals surface area contributed by atoms with Crippen molar-refractivity contribution in [2.24, 2.45) is 5.16 Å². The quantitative estimate of drug-likeness (QED) is 0.300. The lowest BCUT2D eigenvalue weighted by Crippen LogP contribution is -2.24. The summed E-state index contributed by atoms with van der Waals surface area (Å²) >= 11 is 0. The van der Waals surface area contributed by atoms with Gasteiger partial charge in [0.15, 0.2) is 5.71 Å². The average Bonchev–Trinajstić information content (AvgIpc) is 2.72. The first-order valence-corrected chi connectivity index (χ1v) is 12.0. The van der Waals surface area contributed by atoms with Crippen LogP contribution in [0.15, 0.2) is 46.4 Å². The van der Waals surface area contributed by atoms with Gasteiger partial charge in [0.25, 0.3) is 0 Å². The second-order valence-corrected chi connectivity index (χ2v) is 10.0. The summed E-state index contributed by atoms with van der Waals surface area (Å²) in [6.07, 6.45) is -5.36. The number of ether oxygens (including phenoxy) is 1. The molecule has 9 heteroatoms. The number of methoxy groups -OCH3 is 1. The molecule has 0 aliphatic carbocycles. The summed E-state index contributed by atoms with van der Waals surface area (Å²) in [5.41, 5.74) is 1.99. The molecule has 0 fully saturated rings. The number of hydrogen-bond acceptors (Lipinski definition) is 5. The fraction of sp³-hybridized carbons (Fsp3) is 0.458. The predicted molar refractivity (Wildman–Crippen MR) is 122 cm³/mol. The van der Waals surface area contributed by atoms with Gasteiger partial charge in [0.05, 0.1) is 7.11 Å². The van der Waals surface area contributed by atoms with Crippen LogP contribution in [0.25, 0.3) is 0 Å². The van der Waals surface area contributed by atoms with Crippen LogP contribution in [0.2, 0.25) is 0 Å². The lowest BCUT2D eigenvalue weighted by atomic mass is 9.90. The van der Waals surface area contributed by atoms with Gasteiger partial charge in [-0.15, -0.1) is 0 Å². The highest BCUT2D eigenvalue weighted by Gasteiger charge is 2.37. The lowest BCUT2D eigenvalue weighted by Gasteiger charge is -2.20. The van der Waals surface area contributed by atoms with Gasteiger partial charge in [0.2, 0.25) is 0 Å². The average molecular weight is 486 g/mol. The smallest absolute Gasteiger partial charge is 0.432 e. The van der Waals surface area contributed by atoms with E-state index in [1.54, 1.807) is 14.0 Å². The minimum Gasteiger partial charge on any atom is -0.496 e. The fourth-order valence-corrected chi connectivity index (χ4v) is 4.06. The third kappa shape index (κ3) is 6.96. The maximum absolute atomic E-state index is 13.6. The molecule has 0 aromatic heterocycles. The molecule has 2 aromatic rings. The summed E-state index contributed by atoms with van der Waals surface area (Å²) in [6, 6.07) is 9.21. The first-order valence-electron chi connectivity index (χ1n) is 10.6. The molecule has 182 valence electrons. The molecular weight excluding hydrogens is 455 g/mol. The Morgan fingerprint density at radius 3 is 1.94 bits per heavy atom. The molecule has 0 aliphatic rings. The Balaban J connectivity index is 2.33. The Hall–Kier alpha value is -2.55. The topological polar surface area (TPSA) is 65.0 Å². The Morgan fingerprint density at radius 2 is 1.52 bits per heavy atom. The van der Waals surface area contributed by atoms with Crippen molar-refractivity contribution in [1.29, 1.82) is 0 Å². The van der Waals surface area contributed by atoms with Crippen molar-refractivity contribution in [1.82, 2.24) is 0 Å². The zero-order chi connectivity index (χ0) is 25.0. The van der Waals surface area contributed by atoms with E-state index in [1.807, 2.05) is 39.8 Å². The largest absolute Gasteiger partial charge is 0.496 e. The third-order valence-corrected chi connectivity index (χ3v) is 6.31. The molecule has 0 saturated heterocycles. The molecule has 2 rings (SSSR count). The van der Waals surface area contributed by atoms with E-state index in [1.165, 1.54) is 24.3 Å². The number of alkyl halides is 3. The van der Waals surface area contributed by atoms with Gasteiger partial charge in [-0.3, -0.25) is 4.28 Å². The SMILES string of the molecule is COc1c(C(C)C)cc(CC/C(=N\OS(=O)(=O)c2ccc(C)cc2)C(F)(F)F)cc1C(C)C. The van der Waals surface area contributed by atoms with Crippen LogP contribution < -0.4 is 4.74 Å². The highest BCUT2D eigenvalue weighted by Crippen LogP contribution is 2.36. The predicted octanol–water partition coefficient (Wildman–Crippen LogP) is 6.51. The van der Waals surface area contributed by atoms with Crippen LogP contribution in [-0.2, 0) is 20.8 Å². The van der Waals surface area contributed by atoms with Crippen molar-refractivity contribution in [3.8, 4) is 5.75 Å². The molecule has 0 spiro atoms. The molecule has 0 amide bonds. The molecular formula is C24H30F3NO4S. The van der Waals surface area contributed by atoms with E-state index in [0.29, 0.717) is 5.56 Å². The molecule has 0 radical (unpaired) electrons. The van der Waals surface area contributed by atoms with Crippen molar-refractivity contribution >= 4 is 15.8 Å². The molecule has 0 aliphatic heterocycles. The number of halogens is 3. The first-order chi connectivity index (χ1) is 15.3. The van der Waals surface area contributed by atoms with Crippen LogP contribution in [0.4, 0.5) is 13.2 Å². The van der Waals surface area contributed by atoms with Crippen molar-refractivity contribution in [3.63, 3.8) is 0 Å². The molecule has 0 atom stereocenters. The van der Waals surface area contributed by atoms with Crippen LogP contribution in [-0.4, -0.2) is 27.4 Å². The second-order valence-electron chi connectivity index (χ2n) is 8.49. The summed E-state index contributed by atoms with van der Waals surface area (Å²) < 4.78 is 75.2. The highest BCUT2D eigenvalue weighted by atomic mass is 32.2. The summed E-state index contributed by atoms with van der Waals surface area (Å²) in [5, 5.41) is 3.01. The summed E-state index contributed by atoms with van der Waals surface area (Å²) in [6.45, 7) is 9.69. The Labute approximate surface area is 193 Å². The van der Waals surface area contributed by atoms with E-state index < -0.39 is 28.4 Å². The molecule has 0 heterocycles. The van der Waals surface area contributed by atoms with Crippen molar-refractivity contribution < 1.29 is 30.6 Å². The third-order valence-electron chi connectivity index (χ3n) is 5.19. The first kappa shape index (κ1) is 26.7. The molecule has 0 N–H and O–H groups in total. The zero-order valence-corrected chi connectivity index (χ0v) is 20.5. The van der Waals surface area contributed by atoms with Crippen molar-refractivity contribution in [3.05, 3.63) is 58.7 Å². The van der Waals surface area contributed by atoms with Gasteiger partial charge in [-0.25, -0.2) is 0 Å². The number of oxime groups is 1. The van der Waals surface area contributed by atoms with E-state index >= 15 is 0 Å². The van der Waals surface area contributed by atoms with Gasteiger partial charge in [-0.05, 0) is 54.0 Å². The van der Waals surface area contributed by atoms with E-state index in [2.05, 4.69) is 9.44 Å². The lowest BCUT2D eigenvalue weighted by molar-refractivity contribution is -0.0622. The number of aryl methyl sites for hydroxylation is 2. The van der Waals surface area contributed by atoms with E-state index in [0.717, 1.165) is 22.4 Å². The van der Waals surface area contributed by atoms with Gasteiger partial charge in [0, 0.05) is 6.42 Å². The minimum absolute atomic E-state index is 0.00964. The van der Waals surface area contributed by atoms with Gasteiger partial charge in [-0.1, -0.05) is 62.7 Å². The summed E-state index contributed by atoms with van der Waals surface area (Å²) in [4.78, 5) is -0.267. The van der Waals surface area contributed by atoms with Crippen LogP contribution in [0.5, 0.6) is 5.75 Å². The monoisotopic (exact) mass is 485 g/mol. The number of benzene rings is 2. The summed E-state index contributed by atoms with van der Waals surface area (Å²) in [5.74, 6) is 0.952.